The van der Waals surface area contributed by atoms with Crippen molar-refractivity contribution in [2.75, 3.05) is 26.9 Å². The molecule has 0 spiro atoms. The predicted molar refractivity (Wildman–Crippen MR) is 223 cm³/mol. The zero-order valence-electron chi connectivity index (χ0n) is 36.8. The van der Waals surface area contributed by atoms with Crippen LogP contribution in [0.3, 0.4) is 0 Å². The highest BCUT2D eigenvalue weighted by atomic mass is 16.7. The third kappa shape index (κ3) is 10.8. The Kier molecular flexibility index (Phi) is 16.3. The molecule has 0 aliphatic carbocycles. The largest absolute Gasteiger partial charge is 0.507 e. The number of ether oxygens (including phenoxy) is 9. The number of phenolic OH excluding ortho intramolecular Hbond substituents is 1. The molecule has 0 bridgehead atoms. The molecule has 3 aliphatic heterocycles. The first-order valence-corrected chi connectivity index (χ1v) is 21.0. The van der Waals surface area contributed by atoms with Gasteiger partial charge < -0.3 is 93.0 Å². The number of hydrogen-bond acceptors (Lipinski definition) is 22. The van der Waals surface area contributed by atoms with Crippen LogP contribution in [0.25, 0.3) is 22.3 Å². The number of rotatable bonds is 15. The molecule has 1 aromatic heterocycles. The Hall–Kier alpha value is -4.95. The van der Waals surface area contributed by atoms with Gasteiger partial charge in [0, 0.05) is 31.0 Å². The summed E-state index contributed by atoms with van der Waals surface area (Å²) in [5, 5.41) is 96.3. The molecule has 2 aromatic carbocycles. The molecule has 4 heterocycles. The summed E-state index contributed by atoms with van der Waals surface area (Å²) >= 11 is 0. The quantitative estimate of drug-likeness (QED) is 0.0671. The maximum absolute atomic E-state index is 14.8. The van der Waals surface area contributed by atoms with Crippen LogP contribution in [-0.4, -0.2) is 171 Å². The van der Waals surface area contributed by atoms with Gasteiger partial charge in [-0.05, 0) is 51.5 Å². The number of phenols is 1. The molecule has 3 saturated heterocycles. The van der Waals surface area contributed by atoms with Gasteiger partial charge in [-0.2, -0.15) is 0 Å². The maximum atomic E-state index is 14.8. The minimum absolute atomic E-state index is 0.00184. The average Bonchev–Trinajstić information content (AvgIpc) is 3.27. The number of allylic oxidation sites excluding steroid dienone is 2. The number of esters is 2. The lowest BCUT2D eigenvalue weighted by molar-refractivity contribution is -0.316. The summed E-state index contributed by atoms with van der Waals surface area (Å²) in [6.07, 6.45) is -20.9. The van der Waals surface area contributed by atoms with Crippen molar-refractivity contribution in [3.8, 4) is 34.3 Å². The molecule has 364 valence electrons. The first kappa shape index (κ1) is 50.5. The third-order valence-electron chi connectivity index (χ3n) is 11.4. The lowest BCUT2D eigenvalue weighted by atomic mass is 9.89. The van der Waals surface area contributed by atoms with Crippen LogP contribution in [0.5, 0.6) is 23.0 Å². The number of benzene rings is 2. The Morgan fingerprint density at radius 3 is 1.98 bits per heavy atom. The molecule has 22 nitrogen and oxygen atoms in total. The van der Waals surface area contributed by atoms with E-state index >= 15 is 0 Å². The maximum Gasteiger partial charge on any atom is 0.303 e. The van der Waals surface area contributed by atoms with Crippen LogP contribution in [0.1, 0.15) is 40.2 Å². The zero-order chi connectivity index (χ0) is 48.3. The van der Waals surface area contributed by atoms with E-state index in [9.17, 15) is 60.3 Å². The van der Waals surface area contributed by atoms with Crippen LogP contribution in [0.4, 0.5) is 0 Å². The van der Waals surface area contributed by atoms with Gasteiger partial charge in [0.05, 0.1) is 32.3 Å². The summed E-state index contributed by atoms with van der Waals surface area (Å²) in [5.74, 6) is -4.03. The highest BCUT2D eigenvalue weighted by Gasteiger charge is 2.50. The molecular weight excluding hydrogens is 880 g/mol. The van der Waals surface area contributed by atoms with Crippen LogP contribution in [0, 0.1) is 5.92 Å². The zero-order valence-corrected chi connectivity index (χ0v) is 36.8. The average molecular weight is 937 g/mol. The van der Waals surface area contributed by atoms with Crippen molar-refractivity contribution >= 4 is 22.9 Å². The van der Waals surface area contributed by atoms with Crippen molar-refractivity contribution in [2.24, 2.45) is 5.92 Å². The van der Waals surface area contributed by atoms with E-state index in [4.69, 9.17) is 47.0 Å². The van der Waals surface area contributed by atoms with E-state index in [2.05, 4.69) is 0 Å². The van der Waals surface area contributed by atoms with Crippen LogP contribution in [0.2, 0.25) is 0 Å². The van der Waals surface area contributed by atoms with Gasteiger partial charge in [0.1, 0.15) is 95.9 Å². The van der Waals surface area contributed by atoms with Crippen molar-refractivity contribution in [3.05, 3.63) is 57.8 Å². The second-order valence-corrected chi connectivity index (χ2v) is 16.4. The third-order valence-corrected chi connectivity index (χ3v) is 11.4. The Morgan fingerprint density at radius 2 is 1.38 bits per heavy atom. The number of carbonyl (C=O) groups is 2. The Morgan fingerprint density at radius 1 is 0.758 bits per heavy atom. The molecule has 3 aliphatic rings. The van der Waals surface area contributed by atoms with Gasteiger partial charge in [0.15, 0.2) is 12.1 Å². The van der Waals surface area contributed by atoms with Crippen LogP contribution >= 0.6 is 0 Å². The number of carbonyl (C=O) groups excluding carboxylic acids is 2. The second kappa shape index (κ2) is 21.3. The van der Waals surface area contributed by atoms with E-state index in [-0.39, 0.29) is 34.6 Å². The number of aliphatic hydroxyl groups is 8. The molecule has 6 rings (SSSR count). The fourth-order valence-electron chi connectivity index (χ4n) is 7.79. The normalized spacial score (nSPS) is 32.3. The fraction of sp³-hybridized carbons (Fsp3) is 0.568. The second-order valence-electron chi connectivity index (χ2n) is 16.4. The summed E-state index contributed by atoms with van der Waals surface area (Å²) in [4.78, 5) is 38.6. The van der Waals surface area contributed by atoms with Gasteiger partial charge in [-0.3, -0.25) is 14.4 Å². The Balaban J connectivity index is 1.42. The first-order chi connectivity index (χ1) is 31.2. The van der Waals surface area contributed by atoms with E-state index < -0.39 is 146 Å². The Labute approximate surface area is 377 Å². The topological polar surface area (TPSA) is 329 Å². The van der Waals surface area contributed by atoms with Gasteiger partial charge in [-0.15, -0.1) is 0 Å². The molecule has 3 aromatic rings. The van der Waals surface area contributed by atoms with Gasteiger partial charge in [0.2, 0.25) is 23.8 Å². The Bertz CT molecular complexity index is 2260. The molecule has 9 N–H and O–H groups in total. The monoisotopic (exact) mass is 936 g/mol. The van der Waals surface area contributed by atoms with Gasteiger partial charge in [-0.25, -0.2) is 0 Å². The highest BCUT2D eigenvalue weighted by molar-refractivity contribution is 5.91. The van der Waals surface area contributed by atoms with Crippen molar-refractivity contribution < 1.29 is 103 Å². The van der Waals surface area contributed by atoms with Gasteiger partial charge >= 0.3 is 11.9 Å². The summed E-state index contributed by atoms with van der Waals surface area (Å²) in [5.41, 5.74) is -0.0124. The predicted octanol–water partition coefficient (Wildman–Crippen LogP) is -0.719. The number of aromatic hydroxyl groups is 1. The molecule has 0 unspecified atom stereocenters. The minimum atomic E-state index is -1.84. The van der Waals surface area contributed by atoms with Crippen LogP contribution < -0.4 is 19.6 Å². The fourth-order valence-corrected chi connectivity index (χ4v) is 7.79. The molecule has 0 saturated carbocycles. The van der Waals surface area contributed by atoms with E-state index in [0.717, 1.165) is 25.5 Å². The lowest BCUT2D eigenvalue weighted by Crippen LogP contribution is -2.61. The minimum Gasteiger partial charge on any atom is -0.507 e. The molecule has 3 fully saturated rings. The SMILES string of the molecule is COc1ccc(-c2oc3c(CC=C(C)C)c(O[C@@H]4O[C@H](CO)[C@@H](O)[C@H](O)[C@H]4O)cc(O)c3c(=O)c2O[C@H]2O[C@@H](C)[C@H](OC(C)=O)[C@@H](CO[C@@H]3O[C@H](COC(C)=O)[C@@H](O)[C@H](O)[C@H]3O)[C@H]2O)cc1. The standard InChI is InChI=1S/C44H56O22/c1-17(2)7-12-23-26(62-44-37(56)34(53)31(50)27(14-45)63-44)13-25(48)29-33(52)41(39(65-40(23)29)21-8-10-22(57-6)11-9-21)66-43-30(49)24(38(18(3)60-43)61-20(5)47)15-59-42-36(55)35(54)32(51)28(64-42)16-58-19(4)46/h7-11,13,18,24,27-28,30-32,34-38,42-45,48-51,53-56H,12,14-16H2,1-6H3/t18-,24-,27+,28+,30+,31+,32+,34-,35-,36+,37+,38-,42+,43+,44+/m0/s1. The van der Waals surface area contributed by atoms with Gasteiger partial charge in [-0.1, -0.05) is 11.6 Å². The van der Waals surface area contributed by atoms with E-state index in [1.807, 2.05) is 0 Å². The molecular formula is C44H56O22. The summed E-state index contributed by atoms with van der Waals surface area (Å²) < 4.78 is 57.6. The van der Waals surface area contributed by atoms with E-state index in [1.165, 1.54) is 26.2 Å². The first-order valence-electron chi connectivity index (χ1n) is 21.0. The summed E-state index contributed by atoms with van der Waals surface area (Å²) in [6, 6.07) is 7.23. The van der Waals surface area contributed by atoms with Crippen molar-refractivity contribution in [1.29, 1.82) is 0 Å². The molecule has 15 atom stereocenters. The summed E-state index contributed by atoms with van der Waals surface area (Å²) in [7, 11) is 1.44. The summed E-state index contributed by atoms with van der Waals surface area (Å²) in [6.45, 7) is 5.48. The molecule has 0 radical (unpaired) electrons. The molecule has 0 amide bonds. The van der Waals surface area contributed by atoms with E-state index in [1.54, 1.807) is 32.1 Å². The van der Waals surface area contributed by atoms with Gasteiger partial charge in [0.25, 0.3) is 0 Å². The molecule has 22 heteroatoms. The highest BCUT2D eigenvalue weighted by Crippen LogP contribution is 2.42. The lowest BCUT2D eigenvalue weighted by Gasteiger charge is -2.44. The van der Waals surface area contributed by atoms with E-state index in [0.29, 0.717) is 5.75 Å². The smallest absolute Gasteiger partial charge is 0.303 e. The van der Waals surface area contributed by atoms with Crippen molar-refractivity contribution in [3.63, 3.8) is 0 Å². The number of fused-ring (bicyclic) bond motifs is 1. The van der Waals surface area contributed by atoms with Crippen LogP contribution in [-0.2, 0) is 44.4 Å². The molecule has 66 heavy (non-hydrogen) atoms. The number of aliphatic hydroxyl groups excluding tert-OH is 8. The van der Waals surface area contributed by atoms with Crippen LogP contribution in [0.15, 0.2) is 51.2 Å². The van der Waals surface area contributed by atoms with Crippen molar-refractivity contribution in [2.45, 2.75) is 127 Å². The van der Waals surface area contributed by atoms with Crippen molar-refractivity contribution in [1.82, 2.24) is 0 Å². The number of hydrogen-bond donors (Lipinski definition) is 9. The number of methoxy groups -OCH3 is 1.